The molecular weight excluding hydrogens is 471 g/mol. The summed E-state index contributed by atoms with van der Waals surface area (Å²) in [5.41, 5.74) is 0.607. The van der Waals surface area contributed by atoms with Crippen LogP contribution in [0.25, 0.3) is 33.7 Å². The van der Waals surface area contributed by atoms with Gasteiger partial charge in [-0.05, 0) is 32.1 Å². The van der Waals surface area contributed by atoms with Crippen LogP contribution in [-0.2, 0) is 6.18 Å². The number of nitrogens with one attached hydrogen (secondary N) is 1. The van der Waals surface area contributed by atoms with Gasteiger partial charge in [-0.3, -0.25) is 4.79 Å². The summed E-state index contributed by atoms with van der Waals surface area (Å²) >= 11 is 0. The molecule has 0 spiro atoms. The number of hydrogen-bond donors (Lipinski definition) is 1. The van der Waals surface area contributed by atoms with E-state index in [0.29, 0.717) is 24.4 Å². The number of aromatic amines is 1. The number of aryl methyl sites for hydroxylation is 1. The van der Waals surface area contributed by atoms with Gasteiger partial charge in [0, 0.05) is 29.4 Å². The maximum atomic E-state index is 13.5. The number of nitrogens with zero attached hydrogens (tertiary/aromatic N) is 4. The molecule has 7 nitrogen and oxygen atoms in total. The highest BCUT2D eigenvalue weighted by atomic mass is 19.4. The van der Waals surface area contributed by atoms with Crippen molar-refractivity contribution in [2.24, 2.45) is 0 Å². The minimum Gasteiger partial charge on any atom is -0.490 e. The molecule has 0 bridgehead atoms. The molecule has 0 unspecified atom stereocenters. The molecule has 0 saturated carbocycles. The Balaban J connectivity index is 1.91. The average molecular weight is 498 g/mol. The van der Waals surface area contributed by atoms with Crippen molar-refractivity contribution < 1.29 is 17.9 Å². The average Bonchev–Trinajstić information content (AvgIpc) is 2.85. The number of fused-ring (bicyclic) bond motifs is 1. The molecule has 1 N–H and O–H groups in total. The van der Waals surface area contributed by atoms with Crippen LogP contribution in [0.2, 0.25) is 0 Å². The third kappa shape index (κ3) is 5.54. The van der Waals surface area contributed by atoms with Crippen LogP contribution < -0.4 is 10.3 Å². The van der Waals surface area contributed by atoms with E-state index >= 15 is 0 Å². The van der Waals surface area contributed by atoms with Crippen molar-refractivity contribution in [3.63, 3.8) is 0 Å². The fourth-order valence-corrected chi connectivity index (χ4v) is 3.92. The molecule has 0 saturated heterocycles. The van der Waals surface area contributed by atoms with Crippen LogP contribution in [0.1, 0.15) is 25.2 Å². The van der Waals surface area contributed by atoms with Crippen LogP contribution in [0.4, 0.5) is 13.2 Å². The maximum absolute atomic E-state index is 13.5. The molecule has 188 valence electrons. The smallest absolute Gasteiger partial charge is 0.433 e. The lowest BCUT2D eigenvalue weighted by Gasteiger charge is -2.18. The van der Waals surface area contributed by atoms with Crippen LogP contribution in [0.5, 0.6) is 5.75 Å². The number of ether oxygens (including phenoxy) is 1. The van der Waals surface area contributed by atoms with Gasteiger partial charge in [-0.1, -0.05) is 44.2 Å². The zero-order chi connectivity index (χ0) is 25.9. The van der Waals surface area contributed by atoms with E-state index in [-0.39, 0.29) is 33.9 Å². The van der Waals surface area contributed by atoms with Crippen molar-refractivity contribution in [3.8, 4) is 28.3 Å². The van der Waals surface area contributed by atoms with Crippen LogP contribution >= 0.6 is 0 Å². The first kappa shape index (κ1) is 25.3. The molecule has 0 aliphatic rings. The van der Waals surface area contributed by atoms with Gasteiger partial charge in [0.2, 0.25) is 0 Å². The van der Waals surface area contributed by atoms with E-state index in [1.165, 1.54) is 19.1 Å². The highest BCUT2D eigenvalue weighted by Gasteiger charge is 2.33. The van der Waals surface area contributed by atoms with Gasteiger partial charge in [0.15, 0.2) is 11.4 Å². The Bertz CT molecular complexity index is 1420. The third-order valence-corrected chi connectivity index (χ3v) is 5.76. The van der Waals surface area contributed by atoms with E-state index in [4.69, 9.17) is 9.72 Å². The van der Waals surface area contributed by atoms with Crippen LogP contribution in [0.15, 0.2) is 53.3 Å². The number of alkyl halides is 3. The molecule has 4 aromatic rings. The fourth-order valence-electron chi connectivity index (χ4n) is 3.92. The molecule has 36 heavy (non-hydrogen) atoms. The molecule has 0 atom stereocenters. The first-order chi connectivity index (χ1) is 17.2. The quantitative estimate of drug-likeness (QED) is 0.365. The number of benzene rings is 1. The number of aromatic nitrogens is 4. The van der Waals surface area contributed by atoms with Crippen LogP contribution in [0.3, 0.4) is 0 Å². The van der Waals surface area contributed by atoms with Gasteiger partial charge in [0.05, 0.1) is 11.4 Å². The summed E-state index contributed by atoms with van der Waals surface area (Å²) in [5.74, 6) is 0.219. The van der Waals surface area contributed by atoms with E-state index in [2.05, 4.69) is 19.9 Å². The lowest BCUT2D eigenvalue weighted by Crippen LogP contribution is -2.28. The molecule has 10 heteroatoms. The molecule has 3 heterocycles. The second kappa shape index (κ2) is 10.4. The molecule has 0 fully saturated rings. The van der Waals surface area contributed by atoms with Crippen molar-refractivity contribution >= 4 is 11.2 Å². The number of hydrogen-bond acceptors (Lipinski definition) is 6. The number of H-pyrrole nitrogens is 1. The van der Waals surface area contributed by atoms with Gasteiger partial charge in [-0.2, -0.15) is 13.2 Å². The van der Waals surface area contributed by atoms with Crippen LogP contribution in [-0.4, -0.2) is 51.1 Å². The zero-order valence-electron chi connectivity index (χ0n) is 20.2. The Morgan fingerprint density at radius 1 is 0.944 bits per heavy atom. The maximum Gasteiger partial charge on any atom is 0.433 e. The summed E-state index contributed by atoms with van der Waals surface area (Å²) in [6, 6.07) is 12.7. The van der Waals surface area contributed by atoms with E-state index in [0.717, 1.165) is 19.2 Å². The van der Waals surface area contributed by atoms with Crippen molar-refractivity contribution in [2.75, 3.05) is 26.2 Å². The van der Waals surface area contributed by atoms with E-state index in [9.17, 15) is 18.0 Å². The topological polar surface area (TPSA) is 84.0 Å². The highest BCUT2D eigenvalue weighted by molar-refractivity contribution is 5.87. The fraction of sp³-hybridized carbons (Fsp3) is 0.308. The normalized spacial score (nSPS) is 11.9. The van der Waals surface area contributed by atoms with Crippen molar-refractivity contribution in [2.45, 2.75) is 26.9 Å². The Morgan fingerprint density at radius 3 is 2.31 bits per heavy atom. The van der Waals surface area contributed by atoms with E-state index in [1.54, 1.807) is 24.3 Å². The Labute approximate surface area is 206 Å². The zero-order valence-corrected chi connectivity index (χ0v) is 20.2. The SMILES string of the molecule is CCN(CC)CCOc1cc(=O)[nH]c2nc(-c3ccccc3)c(-c3cc(C)nc(C(F)(F)F)c3)nc12. The predicted molar refractivity (Wildman–Crippen MR) is 132 cm³/mol. The molecule has 0 radical (unpaired) electrons. The monoisotopic (exact) mass is 497 g/mol. The number of halogens is 3. The lowest BCUT2D eigenvalue weighted by molar-refractivity contribution is -0.141. The van der Waals surface area contributed by atoms with Gasteiger partial charge in [0.1, 0.15) is 17.8 Å². The summed E-state index contributed by atoms with van der Waals surface area (Å²) in [5, 5.41) is 0. The predicted octanol–water partition coefficient (Wildman–Crippen LogP) is 5.09. The van der Waals surface area contributed by atoms with Gasteiger partial charge in [0.25, 0.3) is 5.56 Å². The number of pyridine rings is 2. The summed E-state index contributed by atoms with van der Waals surface area (Å²) in [7, 11) is 0. The Morgan fingerprint density at radius 2 is 1.64 bits per heavy atom. The third-order valence-electron chi connectivity index (χ3n) is 5.76. The molecule has 4 rings (SSSR count). The summed E-state index contributed by atoms with van der Waals surface area (Å²) in [4.78, 5) is 30.2. The van der Waals surface area contributed by atoms with Gasteiger partial charge in [-0.15, -0.1) is 0 Å². The second-order valence-corrected chi connectivity index (χ2v) is 8.24. The van der Waals surface area contributed by atoms with Gasteiger partial charge >= 0.3 is 6.18 Å². The number of rotatable bonds is 8. The first-order valence-corrected chi connectivity index (χ1v) is 11.6. The van der Waals surface area contributed by atoms with Crippen molar-refractivity contribution in [1.29, 1.82) is 0 Å². The summed E-state index contributed by atoms with van der Waals surface area (Å²) < 4.78 is 46.6. The lowest BCUT2D eigenvalue weighted by atomic mass is 10.0. The Hall–Kier alpha value is -3.79. The standard InChI is InChI=1S/C26H26F3N5O2/c1-4-34(5-2)11-12-36-19-15-21(35)31-25-24(19)32-23(22(33-25)17-9-7-6-8-10-17)18-13-16(3)30-20(14-18)26(27,28)29/h6-10,13-15H,4-5,11-12H2,1-3H3,(H,31,33,35). The molecule has 3 aromatic heterocycles. The largest absolute Gasteiger partial charge is 0.490 e. The molecule has 0 aliphatic heterocycles. The highest BCUT2D eigenvalue weighted by Crippen LogP contribution is 2.36. The molecule has 0 aliphatic carbocycles. The van der Waals surface area contributed by atoms with E-state index in [1.807, 2.05) is 19.9 Å². The van der Waals surface area contributed by atoms with Crippen molar-refractivity contribution in [1.82, 2.24) is 24.8 Å². The minimum atomic E-state index is -4.62. The van der Waals surface area contributed by atoms with Gasteiger partial charge < -0.3 is 14.6 Å². The first-order valence-electron chi connectivity index (χ1n) is 11.6. The summed E-state index contributed by atoms with van der Waals surface area (Å²) in [6.07, 6.45) is -4.62. The molecular formula is C26H26F3N5O2. The van der Waals surface area contributed by atoms with Crippen molar-refractivity contribution in [3.05, 3.63) is 70.3 Å². The molecule has 1 aromatic carbocycles. The summed E-state index contributed by atoms with van der Waals surface area (Å²) in [6.45, 7) is 8.23. The Kier molecular flexibility index (Phi) is 7.35. The number of likely N-dealkylation sites (N-methyl/N-ethyl adjacent to an activating group) is 1. The van der Waals surface area contributed by atoms with E-state index < -0.39 is 17.4 Å². The van der Waals surface area contributed by atoms with Crippen LogP contribution in [0, 0.1) is 6.92 Å². The molecule has 0 amide bonds. The second-order valence-electron chi connectivity index (χ2n) is 8.24. The minimum absolute atomic E-state index is 0.185. The van der Waals surface area contributed by atoms with Gasteiger partial charge in [-0.25, -0.2) is 15.0 Å².